The monoisotopic (exact) mass is 376 g/mol. The lowest BCUT2D eigenvalue weighted by atomic mass is 9.93. The topological polar surface area (TPSA) is 54.1 Å². The van der Waals surface area contributed by atoms with E-state index in [4.69, 9.17) is 15.5 Å². The Balaban J connectivity index is 1.46. The maximum absolute atomic E-state index is 14.1. The molecule has 0 saturated carbocycles. The third-order valence-corrected chi connectivity index (χ3v) is 5.73. The Hall–Kier alpha value is -1.83. The molecule has 4 rings (SSSR count). The van der Waals surface area contributed by atoms with Crippen molar-refractivity contribution in [2.45, 2.75) is 43.9 Å². The lowest BCUT2D eigenvalue weighted by Gasteiger charge is -2.39. The van der Waals surface area contributed by atoms with Crippen molar-refractivity contribution < 1.29 is 13.5 Å². The van der Waals surface area contributed by atoms with Crippen LogP contribution in [0.25, 0.3) is 0 Å². The van der Waals surface area contributed by atoms with Crippen molar-refractivity contribution in [3.8, 4) is 0 Å². The van der Waals surface area contributed by atoms with Gasteiger partial charge in [-0.3, -0.25) is 9.89 Å². The fourth-order valence-electron chi connectivity index (χ4n) is 4.26. The molecule has 1 aromatic rings. The summed E-state index contributed by atoms with van der Waals surface area (Å²) >= 11 is 0. The Morgan fingerprint density at radius 2 is 2.11 bits per heavy atom. The summed E-state index contributed by atoms with van der Waals surface area (Å²) in [4.78, 5) is 9.24. The number of hydrogen-bond donors (Lipinski definition) is 1. The summed E-state index contributed by atoms with van der Waals surface area (Å²) in [5, 5.41) is 0. The first-order valence-electron chi connectivity index (χ1n) is 9.58. The summed E-state index contributed by atoms with van der Waals surface area (Å²) in [5.41, 5.74) is 7.55. The average Bonchev–Trinajstić information content (AvgIpc) is 2.83. The quantitative estimate of drug-likeness (QED) is 0.862. The molecule has 3 aliphatic rings. The molecule has 0 aliphatic carbocycles. The van der Waals surface area contributed by atoms with E-state index in [1.54, 1.807) is 0 Å². The predicted octanol–water partition coefficient (Wildman–Crippen LogP) is 2.79. The number of piperidine rings is 1. The maximum atomic E-state index is 14.1. The normalized spacial score (nSPS) is 29.9. The summed E-state index contributed by atoms with van der Waals surface area (Å²) in [6, 6.07) is 3.07. The van der Waals surface area contributed by atoms with Gasteiger partial charge >= 0.3 is 0 Å². The number of benzene rings is 1. The Labute approximate surface area is 158 Å². The van der Waals surface area contributed by atoms with Gasteiger partial charge < -0.3 is 15.4 Å². The molecule has 3 atom stereocenters. The number of fused-ring (bicyclic) bond motifs is 1. The fraction of sp³-hybridized carbons (Fsp3) is 0.550. The molecule has 27 heavy (non-hydrogen) atoms. The molecule has 0 amide bonds. The van der Waals surface area contributed by atoms with E-state index in [9.17, 15) is 8.78 Å². The van der Waals surface area contributed by atoms with E-state index in [0.29, 0.717) is 26.2 Å². The molecule has 0 spiro atoms. The van der Waals surface area contributed by atoms with Crippen LogP contribution in [0.5, 0.6) is 0 Å². The first-order chi connectivity index (χ1) is 13.0. The van der Waals surface area contributed by atoms with Gasteiger partial charge in [0.1, 0.15) is 23.6 Å². The Kier molecular flexibility index (Phi) is 5.25. The van der Waals surface area contributed by atoms with Crippen molar-refractivity contribution in [3.05, 3.63) is 47.7 Å². The van der Waals surface area contributed by atoms with Crippen LogP contribution in [0.2, 0.25) is 0 Å². The van der Waals surface area contributed by atoms with E-state index in [0.717, 1.165) is 43.1 Å². The van der Waals surface area contributed by atoms with Crippen LogP contribution in [0.3, 0.4) is 0 Å². The first-order valence-corrected chi connectivity index (χ1v) is 9.58. The molecule has 2 saturated heterocycles. The third-order valence-electron chi connectivity index (χ3n) is 5.73. The molecule has 2 N–H and O–H groups in total. The van der Waals surface area contributed by atoms with Crippen molar-refractivity contribution in [2.75, 3.05) is 26.4 Å². The standard InChI is InChI=1S/C20H26F2N4O/c1-13-10-25(12-24-19-4-2-3-7-26(13)19)15-9-18(23)20(27-11-15)16-8-14(21)5-6-17(16)22/h5-6,8,15,18,20H,1-4,7,9-12,23H2/t15?,18?,20-/m1/s1. The molecule has 0 radical (unpaired) electrons. The van der Waals surface area contributed by atoms with Crippen molar-refractivity contribution in [2.24, 2.45) is 10.7 Å². The molecular weight excluding hydrogens is 350 g/mol. The summed E-state index contributed by atoms with van der Waals surface area (Å²) in [6.45, 7) is 6.94. The minimum absolute atomic E-state index is 0.0790. The van der Waals surface area contributed by atoms with E-state index in [1.807, 2.05) is 0 Å². The van der Waals surface area contributed by atoms with Gasteiger partial charge in [0.25, 0.3) is 0 Å². The van der Waals surface area contributed by atoms with Crippen LogP contribution >= 0.6 is 0 Å². The Bertz CT molecular complexity index is 753. The van der Waals surface area contributed by atoms with Crippen LogP contribution < -0.4 is 5.73 Å². The number of ether oxygens (including phenoxy) is 1. The van der Waals surface area contributed by atoms with E-state index in [-0.39, 0.29) is 11.6 Å². The molecule has 1 aromatic carbocycles. The summed E-state index contributed by atoms with van der Waals surface area (Å²) in [5.74, 6) is 0.150. The Morgan fingerprint density at radius 3 is 2.93 bits per heavy atom. The van der Waals surface area contributed by atoms with E-state index >= 15 is 0 Å². The van der Waals surface area contributed by atoms with Crippen molar-refractivity contribution in [1.29, 1.82) is 0 Å². The fourth-order valence-corrected chi connectivity index (χ4v) is 4.26. The van der Waals surface area contributed by atoms with E-state index in [1.165, 1.54) is 12.5 Å². The molecule has 7 heteroatoms. The van der Waals surface area contributed by atoms with E-state index < -0.39 is 23.8 Å². The van der Waals surface area contributed by atoms with Crippen LogP contribution in [-0.2, 0) is 4.74 Å². The lowest BCUT2D eigenvalue weighted by Crippen LogP contribution is -2.50. The highest BCUT2D eigenvalue weighted by molar-refractivity contribution is 5.84. The number of aliphatic imine (C=N–C) groups is 1. The zero-order chi connectivity index (χ0) is 19.0. The third kappa shape index (κ3) is 3.77. The minimum Gasteiger partial charge on any atom is -0.370 e. The Morgan fingerprint density at radius 1 is 1.26 bits per heavy atom. The number of halogens is 2. The second-order valence-electron chi connectivity index (χ2n) is 7.61. The second-order valence-corrected chi connectivity index (χ2v) is 7.61. The van der Waals surface area contributed by atoms with Crippen molar-refractivity contribution >= 4 is 5.84 Å². The van der Waals surface area contributed by atoms with Crippen molar-refractivity contribution in [3.63, 3.8) is 0 Å². The van der Waals surface area contributed by atoms with Gasteiger partial charge in [-0.1, -0.05) is 6.58 Å². The molecule has 2 fully saturated rings. The number of nitrogens with two attached hydrogens (primary N) is 1. The number of rotatable bonds is 2. The highest BCUT2D eigenvalue weighted by Crippen LogP contribution is 2.32. The number of hydrogen-bond acceptors (Lipinski definition) is 5. The summed E-state index contributed by atoms with van der Waals surface area (Å²) in [7, 11) is 0. The van der Waals surface area contributed by atoms with Gasteiger partial charge in [0.15, 0.2) is 0 Å². The van der Waals surface area contributed by atoms with Gasteiger partial charge in [0.05, 0.1) is 13.3 Å². The highest BCUT2D eigenvalue weighted by Gasteiger charge is 2.36. The van der Waals surface area contributed by atoms with Gasteiger partial charge in [-0.2, -0.15) is 0 Å². The lowest BCUT2D eigenvalue weighted by molar-refractivity contribution is -0.0495. The van der Waals surface area contributed by atoms with Crippen LogP contribution in [0.1, 0.15) is 37.4 Å². The van der Waals surface area contributed by atoms with Crippen LogP contribution in [0, 0.1) is 11.6 Å². The van der Waals surface area contributed by atoms with Gasteiger partial charge in [0, 0.05) is 42.9 Å². The number of nitrogens with zero attached hydrogens (tertiary/aromatic N) is 3. The molecule has 0 bridgehead atoms. The molecule has 3 aliphatic heterocycles. The van der Waals surface area contributed by atoms with Crippen molar-refractivity contribution in [1.82, 2.24) is 9.80 Å². The van der Waals surface area contributed by atoms with Crippen LogP contribution in [-0.4, -0.2) is 54.1 Å². The molecule has 0 aromatic heterocycles. The summed E-state index contributed by atoms with van der Waals surface area (Å²) < 4.78 is 33.5. The summed E-state index contributed by atoms with van der Waals surface area (Å²) in [6.07, 6.45) is 3.33. The van der Waals surface area contributed by atoms with Gasteiger partial charge in [0.2, 0.25) is 0 Å². The molecule has 5 nitrogen and oxygen atoms in total. The van der Waals surface area contributed by atoms with Crippen LogP contribution in [0.15, 0.2) is 35.5 Å². The van der Waals surface area contributed by atoms with Gasteiger partial charge in [-0.25, -0.2) is 8.78 Å². The van der Waals surface area contributed by atoms with Gasteiger partial charge in [-0.05, 0) is 37.5 Å². The maximum Gasteiger partial charge on any atom is 0.129 e. The predicted molar refractivity (Wildman–Crippen MR) is 100 cm³/mol. The zero-order valence-corrected chi connectivity index (χ0v) is 15.4. The SMILES string of the molecule is C=C1CN(C2CO[C@H](c3cc(F)ccc3F)C(N)C2)CN=C2CCCCN12. The van der Waals surface area contributed by atoms with E-state index in [2.05, 4.69) is 16.4 Å². The molecule has 3 heterocycles. The molecular formula is C20H26F2N4O. The largest absolute Gasteiger partial charge is 0.370 e. The average molecular weight is 376 g/mol. The second kappa shape index (κ2) is 7.66. The molecule has 2 unspecified atom stereocenters. The van der Waals surface area contributed by atoms with Gasteiger partial charge in [-0.15, -0.1) is 0 Å². The highest BCUT2D eigenvalue weighted by atomic mass is 19.1. The first kappa shape index (κ1) is 18.5. The molecule has 146 valence electrons. The number of amidine groups is 1. The zero-order valence-electron chi connectivity index (χ0n) is 15.4. The smallest absolute Gasteiger partial charge is 0.129 e. The van der Waals surface area contributed by atoms with Crippen LogP contribution in [0.4, 0.5) is 8.78 Å². The minimum atomic E-state index is -0.634.